The first kappa shape index (κ1) is 8.70. The summed E-state index contributed by atoms with van der Waals surface area (Å²) in [5.41, 5.74) is -0.568. The Kier molecular flexibility index (Phi) is 2.92. The van der Waals surface area contributed by atoms with Gasteiger partial charge in [0, 0.05) is 5.92 Å². The van der Waals surface area contributed by atoms with Crippen molar-refractivity contribution in [3.05, 3.63) is 12.7 Å². The summed E-state index contributed by atoms with van der Waals surface area (Å²) < 4.78 is 0. The van der Waals surface area contributed by atoms with Crippen LogP contribution in [0.1, 0.15) is 27.2 Å². The zero-order chi connectivity index (χ0) is 7.49. The molecule has 0 aromatic rings. The van der Waals surface area contributed by atoms with Crippen LogP contribution in [0.5, 0.6) is 0 Å². The Morgan fingerprint density at radius 2 is 2.22 bits per heavy atom. The maximum absolute atomic E-state index is 9.52. The van der Waals surface area contributed by atoms with Gasteiger partial charge in [-0.05, 0) is 13.3 Å². The van der Waals surface area contributed by atoms with Crippen molar-refractivity contribution in [3.8, 4) is 0 Å². The molecule has 0 aliphatic rings. The van der Waals surface area contributed by atoms with Crippen LogP contribution in [0.2, 0.25) is 0 Å². The molecule has 1 N–H and O–H groups in total. The summed E-state index contributed by atoms with van der Waals surface area (Å²) >= 11 is 0. The van der Waals surface area contributed by atoms with E-state index >= 15 is 0 Å². The van der Waals surface area contributed by atoms with Gasteiger partial charge in [0.05, 0.1) is 5.60 Å². The smallest absolute Gasteiger partial charge is 0.0676 e. The zero-order valence-electron chi connectivity index (χ0n) is 6.52. The van der Waals surface area contributed by atoms with Crippen molar-refractivity contribution >= 4 is 0 Å². The highest BCUT2D eigenvalue weighted by atomic mass is 16.3. The van der Waals surface area contributed by atoms with Crippen molar-refractivity contribution in [1.82, 2.24) is 0 Å². The fourth-order valence-electron chi connectivity index (χ4n) is 0.576. The zero-order valence-corrected chi connectivity index (χ0v) is 6.52. The molecule has 0 aromatic carbocycles. The van der Waals surface area contributed by atoms with E-state index in [1.54, 1.807) is 6.08 Å². The highest BCUT2D eigenvalue weighted by Crippen LogP contribution is 2.20. The topological polar surface area (TPSA) is 20.2 Å². The molecule has 0 aliphatic carbocycles. The average Bonchev–Trinajstić information content (AvgIpc) is 1.86. The van der Waals surface area contributed by atoms with E-state index < -0.39 is 5.60 Å². The molecule has 0 spiro atoms. The first-order valence-corrected chi connectivity index (χ1v) is 3.39. The van der Waals surface area contributed by atoms with Gasteiger partial charge in [-0.15, -0.1) is 6.58 Å². The summed E-state index contributed by atoms with van der Waals surface area (Å²) in [6.45, 7) is 9.39. The molecular weight excluding hydrogens is 112 g/mol. The standard InChI is InChI=1S/C8H16O/c1-5-7(3)8(4,9)6-2/h5,7,9H,1,6H2,2-4H3/t7-,8+/m0/s1. The van der Waals surface area contributed by atoms with Gasteiger partial charge in [-0.25, -0.2) is 0 Å². The van der Waals surface area contributed by atoms with E-state index in [1.165, 1.54) is 0 Å². The number of rotatable bonds is 3. The van der Waals surface area contributed by atoms with E-state index in [1.807, 2.05) is 20.8 Å². The monoisotopic (exact) mass is 128 g/mol. The summed E-state index contributed by atoms with van der Waals surface area (Å²) in [6.07, 6.45) is 2.56. The van der Waals surface area contributed by atoms with E-state index in [0.29, 0.717) is 0 Å². The lowest BCUT2D eigenvalue weighted by molar-refractivity contribution is 0.0210. The van der Waals surface area contributed by atoms with Gasteiger partial charge in [-0.3, -0.25) is 0 Å². The largest absolute Gasteiger partial charge is 0.390 e. The third-order valence-electron chi connectivity index (χ3n) is 2.05. The van der Waals surface area contributed by atoms with E-state index in [-0.39, 0.29) is 5.92 Å². The molecule has 0 fully saturated rings. The van der Waals surface area contributed by atoms with E-state index in [9.17, 15) is 5.11 Å². The van der Waals surface area contributed by atoms with Crippen molar-refractivity contribution in [2.45, 2.75) is 32.8 Å². The highest BCUT2D eigenvalue weighted by Gasteiger charge is 2.22. The van der Waals surface area contributed by atoms with Crippen LogP contribution < -0.4 is 0 Å². The fraction of sp³-hybridized carbons (Fsp3) is 0.750. The third kappa shape index (κ3) is 2.19. The van der Waals surface area contributed by atoms with Crippen LogP contribution in [0.25, 0.3) is 0 Å². The molecular formula is C8H16O. The van der Waals surface area contributed by atoms with Crippen molar-refractivity contribution in [3.63, 3.8) is 0 Å². The number of hydrogen-bond donors (Lipinski definition) is 1. The molecule has 0 saturated heterocycles. The van der Waals surface area contributed by atoms with Crippen LogP contribution in [-0.2, 0) is 0 Å². The van der Waals surface area contributed by atoms with Gasteiger partial charge in [-0.1, -0.05) is 19.9 Å². The molecule has 0 aromatic heterocycles. The third-order valence-corrected chi connectivity index (χ3v) is 2.05. The maximum atomic E-state index is 9.52. The molecule has 0 saturated carbocycles. The van der Waals surface area contributed by atoms with Gasteiger partial charge >= 0.3 is 0 Å². The van der Waals surface area contributed by atoms with Crippen LogP contribution in [0.3, 0.4) is 0 Å². The minimum Gasteiger partial charge on any atom is -0.390 e. The van der Waals surface area contributed by atoms with Crippen molar-refractivity contribution < 1.29 is 5.11 Å². The van der Waals surface area contributed by atoms with Crippen LogP contribution in [-0.4, -0.2) is 10.7 Å². The lowest BCUT2D eigenvalue weighted by Gasteiger charge is -2.26. The molecule has 0 aliphatic heterocycles. The predicted molar refractivity (Wildman–Crippen MR) is 40.3 cm³/mol. The number of hydrogen-bond acceptors (Lipinski definition) is 1. The molecule has 9 heavy (non-hydrogen) atoms. The molecule has 0 bridgehead atoms. The Balaban J connectivity index is 3.95. The summed E-state index contributed by atoms with van der Waals surface area (Å²) in [5, 5.41) is 9.52. The van der Waals surface area contributed by atoms with Crippen molar-refractivity contribution in [1.29, 1.82) is 0 Å². The quantitative estimate of drug-likeness (QED) is 0.576. The Hall–Kier alpha value is -0.300. The summed E-state index contributed by atoms with van der Waals surface area (Å²) in [6, 6.07) is 0. The SMILES string of the molecule is C=C[C@H](C)[C@](C)(O)CC. The Morgan fingerprint density at radius 1 is 1.78 bits per heavy atom. The van der Waals surface area contributed by atoms with Crippen LogP contribution in [0.4, 0.5) is 0 Å². The predicted octanol–water partition coefficient (Wildman–Crippen LogP) is 1.97. The van der Waals surface area contributed by atoms with Gasteiger partial charge in [-0.2, -0.15) is 0 Å². The lowest BCUT2D eigenvalue weighted by Crippen LogP contribution is -2.30. The highest BCUT2D eigenvalue weighted by molar-refractivity contribution is 4.88. The second-order valence-corrected chi connectivity index (χ2v) is 2.74. The van der Waals surface area contributed by atoms with Gasteiger partial charge < -0.3 is 5.11 Å². The fourth-order valence-corrected chi connectivity index (χ4v) is 0.576. The van der Waals surface area contributed by atoms with E-state index in [2.05, 4.69) is 6.58 Å². The molecule has 1 nitrogen and oxygen atoms in total. The van der Waals surface area contributed by atoms with Crippen molar-refractivity contribution in [2.24, 2.45) is 5.92 Å². The summed E-state index contributed by atoms with van der Waals surface area (Å²) in [5.74, 6) is 0.183. The van der Waals surface area contributed by atoms with E-state index in [4.69, 9.17) is 0 Å². The Labute approximate surface area is 57.4 Å². The first-order chi connectivity index (χ1) is 4.04. The van der Waals surface area contributed by atoms with Crippen LogP contribution >= 0.6 is 0 Å². The minimum absolute atomic E-state index is 0.183. The normalized spacial score (nSPS) is 20.4. The Morgan fingerprint density at radius 3 is 2.33 bits per heavy atom. The van der Waals surface area contributed by atoms with Gasteiger partial charge in [0.2, 0.25) is 0 Å². The molecule has 0 amide bonds. The second-order valence-electron chi connectivity index (χ2n) is 2.74. The second kappa shape index (κ2) is 3.02. The molecule has 1 heteroatoms. The van der Waals surface area contributed by atoms with E-state index in [0.717, 1.165) is 6.42 Å². The molecule has 0 radical (unpaired) electrons. The molecule has 0 heterocycles. The molecule has 54 valence electrons. The van der Waals surface area contributed by atoms with Gasteiger partial charge in [0.25, 0.3) is 0 Å². The molecule has 2 atom stereocenters. The Bertz CT molecular complexity index is 94.7. The van der Waals surface area contributed by atoms with Crippen LogP contribution in [0, 0.1) is 5.92 Å². The summed E-state index contributed by atoms with van der Waals surface area (Å²) in [4.78, 5) is 0. The van der Waals surface area contributed by atoms with Gasteiger partial charge in [0.15, 0.2) is 0 Å². The molecule has 0 unspecified atom stereocenters. The maximum Gasteiger partial charge on any atom is 0.0676 e. The first-order valence-electron chi connectivity index (χ1n) is 3.39. The lowest BCUT2D eigenvalue weighted by atomic mass is 9.89. The molecule has 0 rings (SSSR count). The van der Waals surface area contributed by atoms with Gasteiger partial charge in [0.1, 0.15) is 0 Å². The minimum atomic E-state index is -0.568. The van der Waals surface area contributed by atoms with Crippen molar-refractivity contribution in [2.75, 3.05) is 0 Å². The van der Waals surface area contributed by atoms with Crippen LogP contribution in [0.15, 0.2) is 12.7 Å². The summed E-state index contributed by atoms with van der Waals surface area (Å²) in [7, 11) is 0. The average molecular weight is 128 g/mol. The number of aliphatic hydroxyl groups is 1.